The summed E-state index contributed by atoms with van der Waals surface area (Å²) in [6.07, 6.45) is 1.44. The normalized spacial score (nSPS) is 11.1. The number of phenols is 1. The fourth-order valence-electron chi connectivity index (χ4n) is 3.41. The first-order valence-electron chi connectivity index (χ1n) is 11.1. The Labute approximate surface area is 211 Å². The maximum Gasteiger partial charge on any atom is 0.266 e. The molecule has 2 N–H and O–H groups in total. The molecule has 1 aromatic heterocycles. The maximum atomic E-state index is 13.3. The number of nitrogens with zero attached hydrogens (tertiary/aromatic N) is 3. The molecule has 0 spiro atoms. The van der Waals surface area contributed by atoms with Crippen molar-refractivity contribution < 1.29 is 19.4 Å². The summed E-state index contributed by atoms with van der Waals surface area (Å²) < 4.78 is 12.1. The quantitative estimate of drug-likeness (QED) is 0.154. The molecule has 1 amide bonds. The highest BCUT2D eigenvalue weighted by molar-refractivity contribution is 7.99. The number of hydrogen-bond acceptors (Lipinski definition) is 8. The van der Waals surface area contributed by atoms with Crippen molar-refractivity contribution in [3.63, 3.8) is 0 Å². The number of amides is 1. The molecule has 0 fully saturated rings. The summed E-state index contributed by atoms with van der Waals surface area (Å²) in [5.74, 6) is 0.619. The number of fused-ring (bicyclic) bond motifs is 1. The van der Waals surface area contributed by atoms with Crippen LogP contribution in [0, 0.1) is 0 Å². The van der Waals surface area contributed by atoms with Gasteiger partial charge in [-0.2, -0.15) is 5.10 Å². The smallest absolute Gasteiger partial charge is 0.266 e. The molecule has 36 heavy (non-hydrogen) atoms. The highest BCUT2D eigenvalue weighted by atomic mass is 32.2. The van der Waals surface area contributed by atoms with Crippen LogP contribution in [0.15, 0.2) is 81.8 Å². The van der Waals surface area contributed by atoms with Crippen molar-refractivity contribution in [3.05, 3.63) is 82.6 Å². The van der Waals surface area contributed by atoms with E-state index in [1.165, 1.54) is 24.0 Å². The van der Waals surface area contributed by atoms with E-state index in [0.717, 1.165) is 11.8 Å². The summed E-state index contributed by atoms with van der Waals surface area (Å²) in [6.45, 7) is 2.44. The minimum atomic E-state index is -0.373. The predicted molar refractivity (Wildman–Crippen MR) is 140 cm³/mol. The van der Waals surface area contributed by atoms with E-state index in [1.807, 2.05) is 13.0 Å². The molecule has 0 radical (unpaired) electrons. The second kappa shape index (κ2) is 11.4. The number of aromatic hydroxyl groups is 1. The van der Waals surface area contributed by atoms with Crippen LogP contribution >= 0.6 is 11.8 Å². The summed E-state index contributed by atoms with van der Waals surface area (Å²) in [7, 11) is 1.45. The number of hydrazone groups is 1. The number of hydrogen-bond donors (Lipinski definition) is 2. The van der Waals surface area contributed by atoms with E-state index in [2.05, 4.69) is 15.5 Å². The van der Waals surface area contributed by atoms with E-state index >= 15 is 0 Å². The number of para-hydroxylation sites is 1. The van der Waals surface area contributed by atoms with Crippen LogP contribution in [-0.4, -0.2) is 46.2 Å². The van der Waals surface area contributed by atoms with Crippen molar-refractivity contribution in [1.82, 2.24) is 15.0 Å². The number of aromatic nitrogens is 2. The molecule has 0 saturated heterocycles. The highest BCUT2D eigenvalue weighted by Gasteiger charge is 2.15. The van der Waals surface area contributed by atoms with Crippen LogP contribution in [0.2, 0.25) is 0 Å². The Balaban J connectivity index is 1.54. The van der Waals surface area contributed by atoms with Crippen LogP contribution in [-0.2, 0) is 4.79 Å². The van der Waals surface area contributed by atoms with Crippen molar-refractivity contribution >= 4 is 34.8 Å². The molecule has 184 valence electrons. The van der Waals surface area contributed by atoms with E-state index in [0.29, 0.717) is 45.4 Å². The minimum absolute atomic E-state index is 0.0107. The Morgan fingerprint density at radius 1 is 1.17 bits per heavy atom. The molecule has 0 atom stereocenters. The highest BCUT2D eigenvalue weighted by Crippen LogP contribution is 2.26. The molecule has 3 aromatic carbocycles. The molecular formula is C26H24N4O5S. The van der Waals surface area contributed by atoms with E-state index < -0.39 is 0 Å². The van der Waals surface area contributed by atoms with Gasteiger partial charge in [0.05, 0.1) is 42.3 Å². The lowest BCUT2D eigenvalue weighted by Crippen LogP contribution is -2.24. The zero-order valence-electron chi connectivity index (χ0n) is 19.7. The fraction of sp³-hybridized carbons (Fsp3) is 0.154. The van der Waals surface area contributed by atoms with Crippen LogP contribution in [0.25, 0.3) is 16.6 Å². The molecule has 0 aliphatic heterocycles. The van der Waals surface area contributed by atoms with Gasteiger partial charge in [-0.15, -0.1) is 0 Å². The molecule has 1 heterocycles. The van der Waals surface area contributed by atoms with E-state index in [9.17, 15) is 14.7 Å². The average Bonchev–Trinajstić information content (AvgIpc) is 2.89. The fourth-order valence-corrected chi connectivity index (χ4v) is 4.22. The van der Waals surface area contributed by atoms with Gasteiger partial charge in [0.25, 0.3) is 11.5 Å². The number of carbonyl (C=O) groups is 1. The zero-order chi connectivity index (χ0) is 25.5. The molecule has 9 nitrogen and oxygen atoms in total. The number of carbonyl (C=O) groups excluding carboxylic acids is 1. The molecular weight excluding hydrogens is 480 g/mol. The van der Waals surface area contributed by atoms with Gasteiger partial charge in [-0.05, 0) is 67.1 Å². The van der Waals surface area contributed by atoms with Gasteiger partial charge in [-0.25, -0.2) is 10.4 Å². The molecule has 4 rings (SSSR count). The SMILES string of the molecule is CCOc1ccc(-n2c(SCC(=O)N/N=C/c3ccc(O)c(OC)c3)nc3ccccc3c2=O)cc1. The van der Waals surface area contributed by atoms with E-state index in [-0.39, 0.29) is 23.0 Å². The average molecular weight is 505 g/mol. The summed E-state index contributed by atoms with van der Waals surface area (Å²) in [4.78, 5) is 30.4. The molecule has 0 saturated carbocycles. The zero-order valence-corrected chi connectivity index (χ0v) is 20.5. The lowest BCUT2D eigenvalue weighted by molar-refractivity contribution is -0.118. The Morgan fingerprint density at radius 3 is 2.69 bits per heavy atom. The Bertz CT molecular complexity index is 1470. The lowest BCUT2D eigenvalue weighted by atomic mass is 10.2. The van der Waals surface area contributed by atoms with Gasteiger partial charge in [0, 0.05) is 0 Å². The largest absolute Gasteiger partial charge is 0.504 e. The summed E-state index contributed by atoms with van der Waals surface area (Å²) >= 11 is 1.13. The number of thioether (sulfide) groups is 1. The first kappa shape index (κ1) is 24.8. The number of benzene rings is 3. The molecule has 0 aliphatic rings. The molecule has 0 unspecified atom stereocenters. The minimum Gasteiger partial charge on any atom is -0.504 e. The van der Waals surface area contributed by atoms with Gasteiger partial charge in [0.2, 0.25) is 0 Å². The molecule has 0 bridgehead atoms. The van der Waals surface area contributed by atoms with Gasteiger partial charge in [0.15, 0.2) is 16.7 Å². The van der Waals surface area contributed by atoms with Gasteiger partial charge in [-0.3, -0.25) is 14.2 Å². The Hall–Kier alpha value is -4.31. The van der Waals surface area contributed by atoms with Gasteiger partial charge in [0.1, 0.15) is 5.75 Å². The third-order valence-corrected chi connectivity index (χ3v) is 6.03. The summed E-state index contributed by atoms with van der Waals surface area (Å²) in [5.41, 5.74) is 4.03. The first-order valence-corrected chi connectivity index (χ1v) is 12.1. The van der Waals surface area contributed by atoms with Crippen LogP contribution in [0.4, 0.5) is 0 Å². The summed E-state index contributed by atoms with van der Waals surface area (Å²) in [5, 5.41) is 14.5. The Morgan fingerprint density at radius 2 is 1.94 bits per heavy atom. The van der Waals surface area contributed by atoms with Crippen LogP contribution in [0.1, 0.15) is 12.5 Å². The molecule has 4 aromatic rings. The predicted octanol–water partition coefficient (Wildman–Crippen LogP) is 3.74. The van der Waals surface area contributed by atoms with Gasteiger partial charge in [-0.1, -0.05) is 23.9 Å². The second-order valence-electron chi connectivity index (χ2n) is 7.49. The van der Waals surface area contributed by atoms with E-state index in [4.69, 9.17) is 9.47 Å². The number of rotatable bonds is 9. The maximum absolute atomic E-state index is 13.3. The van der Waals surface area contributed by atoms with E-state index in [1.54, 1.807) is 54.6 Å². The number of ether oxygens (including phenoxy) is 2. The lowest BCUT2D eigenvalue weighted by Gasteiger charge is -2.13. The topological polar surface area (TPSA) is 115 Å². The first-order chi connectivity index (χ1) is 17.5. The summed E-state index contributed by atoms with van der Waals surface area (Å²) in [6, 6.07) is 18.9. The molecule has 0 aliphatic carbocycles. The van der Waals surface area contributed by atoms with Crippen LogP contribution in [0.5, 0.6) is 17.2 Å². The van der Waals surface area contributed by atoms with Crippen molar-refractivity contribution in [3.8, 4) is 22.9 Å². The third-order valence-electron chi connectivity index (χ3n) is 5.09. The monoisotopic (exact) mass is 504 g/mol. The standard InChI is InChI=1S/C26H24N4O5S/c1-3-35-19-11-9-18(10-12-19)30-25(33)20-6-4-5-7-21(20)28-26(30)36-16-24(32)29-27-15-17-8-13-22(31)23(14-17)34-2/h4-15,31H,3,16H2,1-2H3,(H,29,32)/b27-15+. The van der Waals surface area contributed by atoms with Gasteiger partial charge < -0.3 is 14.6 Å². The second-order valence-corrected chi connectivity index (χ2v) is 8.43. The number of methoxy groups -OCH3 is 1. The van der Waals surface area contributed by atoms with Crippen molar-refractivity contribution in [1.29, 1.82) is 0 Å². The Kier molecular flexibility index (Phi) is 7.86. The van der Waals surface area contributed by atoms with Crippen molar-refractivity contribution in [2.45, 2.75) is 12.1 Å². The van der Waals surface area contributed by atoms with Crippen LogP contribution in [0.3, 0.4) is 0 Å². The number of nitrogens with one attached hydrogen (secondary N) is 1. The number of phenolic OH excluding ortho intramolecular Hbond substituents is 1. The van der Waals surface area contributed by atoms with Gasteiger partial charge >= 0.3 is 0 Å². The third kappa shape index (κ3) is 5.66. The van der Waals surface area contributed by atoms with Crippen molar-refractivity contribution in [2.75, 3.05) is 19.5 Å². The molecule has 10 heteroatoms. The van der Waals surface area contributed by atoms with Crippen molar-refractivity contribution in [2.24, 2.45) is 5.10 Å². The van der Waals surface area contributed by atoms with Crippen LogP contribution < -0.4 is 20.5 Å².